The zero-order valence-electron chi connectivity index (χ0n) is 7.72. The van der Waals surface area contributed by atoms with Gasteiger partial charge in [-0.15, -0.1) is 0 Å². The smallest absolute Gasteiger partial charge is 0.350 e. The summed E-state index contributed by atoms with van der Waals surface area (Å²) < 4.78 is 45.6. The molecule has 0 aromatic carbocycles. The van der Waals surface area contributed by atoms with E-state index in [-0.39, 0.29) is 6.42 Å². The summed E-state index contributed by atoms with van der Waals surface area (Å²) in [7, 11) is 0. The highest BCUT2D eigenvalue weighted by Crippen LogP contribution is 2.23. The fraction of sp³-hybridized carbons (Fsp3) is 1.00. The van der Waals surface area contributed by atoms with Gasteiger partial charge in [-0.05, 0) is 6.42 Å². The van der Waals surface area contributed by atoms with Crippen molar-refractivity contribution >= 4 is 0 Å². The molecule has 1 heterocycles. The molecule has 0 aromatic heterocycles. The van der Waals surface area contributed by atoms with Gasteiger partial charge in [-0.25, -0.2) is 0 Å². The Bertz CT molecular complexity index is 168. The zero-order valence-corrected chi connectivity index (χ0v) is 7.72. The summed E-state index contributed by atoms with van der Waals surface area (Å²) in [5.41, 5.74) is 5.50. The van der Waals surface area contributed by atoms with Crippen molar-refractivity contribution in [2.75, 3.05) is 13.2 Å². The van der Waals surface area contributed by atoms with E-state index >= 15 is 0 Å². The first kappa shape index (κ1) is 11.7. The van der Waals surface area contributed by atoms with Crippen LogP contribution in [0.25, 0.3) is 0 Å². The quantitative estimate of drug-likeness (QED) is 0.768. The predicted octanol–water partition coefficient (Wildman–Crippen LogP) is 1.42. The SMILES string of the molecule is NC(CCC(F)(F)F)CC1OCCO1. The molecular formula is C8H14F3NO2. The van der Waals surface area contributed by atoms with E-state index < -0.39 is 24.9 Å². The van der Waals surface area contributed by atoms with Gasteiger partial charge in [0.2, 0.25) is 0 Å². The number of hydrogen-bond donors (Lipinski definition) is 1. The lowest BCUT2D eigenvalue weighted by Crippen LogP contribution is -2.28. The first-order valence-electron chi connectivity index (χ1n) is 4.53. The van der Waals surface area contributed by atoms with E-state index in [9.17, 15) is 13.2 Å². The summed E-state index contributed by atoms with van der Waals surface area (Å²) in [6.45, 7) is 0.993. The van der Waals surface area contributed by atoms with Crippen LogP contribution in [-0.4, -0.2) is 31.7 Å². The molecule has 3 nitrogen and oxygen atoms in total. The highest BCUT2D eigenvalue weighted by Gasteiger charge is 2.28. The first-order valence-corrected chi connectivity index (χ1v) is 4.53. The van der Waals surface area contributed by atoms with E-state index in [0.717, 1.165) is 0 Å². The Morgan fingerprint density at radius 2 is 1.86 bits per heavy atom. The summed E-state index contributed by atoms with van der Waals surface area (Å²) >= 11 is 0. The van der Waals surface area contributed by atoms with Gasteiger partial charge < -0.3 is 15.2 Å². The van der Waals surface area contributed by atoms with Crippen molar-refractivity contribution in [3.63, 3.8) is 0 Å². The van der Waals surface area contributed by atoms with Crippen molar-refractivity contribution in [1.82, 2.24) is 0 Å². The van der Waals surface area contributed by atoms with Crippen LogP contribution in [0, 0.1) is 0 Å². The second kappa shape index (κ2) is 4.95. The third-order valence-corrected chi connectivity index (χ3v) is 1.98. The van der Waals surface area contributed by atoms with E-state index in [2.05, 4.69) is 0 Å². The molecule has 1 fully saturated rings. The average molecular weight is 213 g/mol. The lowest BCUT2D eigenvalue weighted by atomic mass is 10.1. The molecule has 0 radical (unpaired) electrons. The molecule has 0 bridgehead atoms. The summed E-state index contributed by atoms with van der Waals surface area (Å²) in [5, 5.41) is 0. The minimum Gasteiger partial charge on any atom is -0.350 e. The third kappa shape index (κ3) is 4.78. The van der Waals surface area contributed by atoms with Crippen molar-refractivity contribution in [2.24, 2.45) is 5.73 Å². The molecule has 6 heteroatoms. The minimum absolute atomic E-state index is 0.0767. The maximum atomic E-state index is 11.8. The Morgan fingerprint density at radius 1 is 1.29 bits per heavy atom. The van der Waals surface area contributed by atoms with Crippen LogP contribution in [0.4, 0.5) is 13.2 Å². The fourth-order valence-corrected chi connectivity index (χ4v) is 1.26. The van der Waals surface area contributed by atoms with Gasteiger partial charge in [-0.3, -0.25) is 0 Å². The van der Waals surface area contributed by atoms with Gasteiger partial charge in [0.25, 0.3) is 0 Å². The van der Waals surface area contributed by atoms with Gasteiger partial charge in [0, 0.05) is 18.9 Å². The highest BCUT2D eigenvalue weighted by atomic mass is 19.4. The molecule has 1 unspecified atom stereocenters. The van der Waals surface area contributed by atoms with Gasteiger partial charge in [-0.1, -0.05) is 0 Å². The van der Waals surface area contributed by atoms with E-state index in [1.54, 1.807) is 0 Å². The van der Waals surface area contributed by atoms with Crippen molar-refractivity contribution in [3.8, 4) is 0 Å². The van der Waals surface area contributed by atoms with Crippen LogP contribution in [0.5, 0.6) is 0 Å². The Hall–Kier alpha value is -0.330. The molecule has 1 rings (SSSR count). The van der Waals surface area contributed by atoms with Crippen LogP contribution in [0.1, 0.15) is 19.3 Å². The Labute approximate surface area is 80.4 Å². The van der Waals surface area contributed by atoms with Gasteiger partial charge in [-0.2, -0.15) is 13.2 Å². The van der Waals surface area contributed by atoms with Gasteiger partial charge in [0.1, 0.15) is 0 Å². The Kier molecular flexibility index (Phi) is 4.15. The molecule has 1 atom stereocenters. The van der Waals surface area contributed by atoms with E-state index in [4.69, 9.17) is 15.2 Å². The van der Waals surface area contributed by atoms with Crippen molar-refractivity contribution in [3.05, 3.63) is 0 Å². The maximum absolute atomic E-state index is 11.8. The maximum Gasteiger partial charge on any atom is 0.389 e. The van der Waals surface area contributed by atoms with Crippen molar-refractivity contribution in [2.45, 2.75) is 37.8 Å². The van der Waals surface area contributed by atoms with Crippen LogP contribution < -0.4 is 5.73 Å². The molecule has 0 amide bonds. The molecule has 14 heavy (non-hydrogen) atoms. The average Bonchev–Trinajstić information content (AvgIpc) is 2.52. The second-order valence-corrected chi connectivity index (χ2v) is 3.32. The van der Waals surface area contributed by atoms with Gasteiger partial charge in [0.05, 0.1) is 13.2 Å². The molecule has 0 spiro atoms. The molecule has 1 saturated heterocycles. The van der Waals surface area contributed by atoms with Crippen LogP contribution in [0.2, 0.25) is 0 Å². The minimum atomic E-state index is -4.13. The number of alkyl halides is 3. The fourth-order valence-electron chi connectivity index (χ4n) is 1.26. The lowest BCUT2D eigenvalue weighted by molar-refractivity contribution is -0.137. The molecular weight excluding hydrogens is 199 g/mol. The molecule has 1 aliphatic rings. The zero-order chi connectivity index (χ0) is 10.6. The summed E-state index contributed by atoms with van der Waals surface area (Å²) in [6.07, 6.45) is -5.14. The van der Waals surface area contributed by atoms with Crippen molar-refractivity contribution in [1.29, 1.82) is 0 Å². The largest absolute Gasteiger partial charge is 0.389 e. The number of hydrogen-bond acceptors (Lipinski definition) is 3. The molecule has 2 N–H and O–H groups in total. The number of halogens is 3. The third-order valence-electron chi connectivity index (χ3n) is 1.98. The van der Waals surface area contributed by atoms with Gasteiger partial charge >= 0.3 is 6.18 Å². The standard InChI is InChI=1S/C8H14F3NO2/c9-8(10,11)2-1-6(12)5-7-13-3-4-14-7/h6-7H,1-5,12H2. The number of nitrogens with two attached hydrogens (primary N) is 1. The molecule has 0 aromatic rings. The summed E-state index contributed by atoms with van der Waals surface area (Å²) in [6, 6.07) is -0.514. The normalized spacial score (nSPS) is 21.4. The van der Waals surface area contributed by atoms with Crippen molar-refractivity contribution < 1.29 is 22.6 Å². The van der Waals surface area contributed by atoms with E-state index in [0.29, 0.717) is 19.6 Å². The number of ether oxygens (including phenoxy) is 2. The highest BCUT2D eigenvalue weighted by molar-refractivity contribution is 4.67. The first-order chi connectivity index (χ1) is 6.47. The number of rotatable bonds is 4. The molecule has 1 aliphatic heterocycles. The summed E-state index contributed by atoms with van der Waals surface area (Å²) in [4.78, 5) is 0. The Morgan fingerprint density at radius 3 is 2.36 bits per heavy atom. The Balaban J connectivity index is 2.12. The topological polar surface area (TPSA) is 44.5 Å². The van der Waals surface area contributed by atoms with E-state index in [1.807, 2.05) is 0 Å². The monoisotopic (exact) mass is 213 g/mol. The van der Waals surface area contributed by atoms with Crippen LogP contribution in [0.15, 0.2) is 0 Å². The van der Waals surface area contributed by atoms with E-state index in [1.165, 1.54) is 0 Å². The van der Waals surface area contributed by atoms with Crippen LogP contribution in [0.3, 0.4) is 0 Å². The molecule has 0 saturated carbocycles. The van der Waals surface area contributed by atoms with Gasteiger partial charge in [0.15, 0.2) is 6.29 Å². The van der Waals surface area contributed by atoms with Crippen LogP contribution in [-0.2, 0) is 9.47 Å². The molecule has 84 valence electrons. The second-order valence-electron chi connectivity index (χ2n) is 3.32. The molecule has 0 aliphatic carbocycles. The predicted molar refractivity (Wildman–Crippen MR) is 43.6 cm³/mol. The summed E-state index contributed by atoms with van der Waals surface area (Å²) in [5.74, 6) is 0. The lowest BCUT2D eigenvalue weighted by Gasteiger charge is -2.16. The van der Waals surface area contributed by atoms with Crippen LogP contribution >= 0.6 is 0 Å².